The molecule has 0 radical (unpaired) electrons. The topological polar surface area (TPSA) is 84.2 Å². The number of hydrogen-bond donors (Lipinski definition) is 0. The highest BCUT2D eigenvalue weighted by Gasteiger charge is 2.09. The average Bonchev–Trinajstić information content (AvgIpc) is 2.41. The number of benzene rings is 1. The van der Waals surface area contributed by atoms with E-state index < -0.39 is 4.92 Å². The maximum atomic E-state index is 10.7. The van der Waals surface area contributed by atoms with Crippen LogP contribution < -0.4 is 5.49 Å². The van der Waals surface area contributed by atoms with E-state index in [1.165, 1.54) is 18.2 Å². The van der Waals surface area contributed by atoms with Crippen LogP contribution in [0.5, 0.6) is 0 Å². The molecule has 0 amide bonds. The molecule has 1 aromatic carbocycles. The van der Waals surface area contributed by atoms with Gasteiger partial charge >= 0.3 is 0 Å². The highest BCUT2D eigenvalue weighted by atomic mass is 16.6. The summed E-state index contributed by atoms with van der Waals surface area (Å²) in [6.45, 7) is 0. The van der Waals surface area contributed by atoms with E-state index in [1.807, 2.05) is 31.4 Å². The van der Waals surface area contributed by atoms with Gasteiger partial charge in [0.05, 0.1) is 16.2 Å². The van der Waals surface area contributed by atoms with E-state index in [0.717, 1.165) is 0 Å². The van der Waals surface area contributed by atoms with Crippen LogP contribution in [0.2, 0.25) is 0 Å². The first kappa shape index (κ1) is 12.5. The molecular weight excluding hydrogens is 244 g/mol. The molecule has 0 aliphatic carbocycles. The number of nitriles is 1. The fourth-order valence-corrected chi connectivity index (χ4v) is 1.58. The first-order valence-electron chi connectivity index (χ1n) is 5.47. The number of nitro benzene ring substituents is 1. The van der Waals surface area contributed by atoms with E-state index in [-0.39, 0.29) is 11.3 Å². The zero-order valence-electron chi connectivity index (χ0n) is 10.1. The van der Waals surface area contributed by atoms with E-state index in [2.05, 4.69) is 4.99 Å². The van der Waals surface area contributed by atoms with Crippen molar-refractivity contribution in [2.24, 2.45) is 12.0 Å². The minimum Gasteiger partial charge on any atom is -0.336 e. The largest absolute Gasteiger partial charge is 0.336 e. The Hall–Kier alpha value is -2.94. The summed E-state index contributed by atoms with van der Waals surface area (Å²) in [4.78, 5) is 14.4. The molecule has 2 rings (SSSR count). The zero-order valence-corrected chi connectivity index (χ0v) is 10.1. The highest BCUT2D eigenvalue weighted by Crippen LogP contribution is 2.23. The summed E-state index contributed by atoms with van der Waals surface area (Å²) < 4.78 is 1.79. The van der Waals surface area contributed by atoms with Crippen LogP contribution in [0.1, 0.15) is 5.56 Å². The Labute approximate surface area is 109 Å². The normalized spacial score (nSPS) is 11.1. The number of aryl methyl sites for hydroxylation is 1. The number of hydrogen-bond acceptors (Lipinski definition) is 4. The molecule has 0 atom stereocenters. The van der Waals surface area contributed by atoms with Gasteiger partial charge in [-0.05, 0) is 18.2 Å². The molecule has 2 aromatic rings. The molecule has 6 nitrogen and oxygen atoms in total. The van der Waals surface area contributed by atoms with Crippen molar-refractivity contribution in [2.75, 3.05) is 0 Å². The minimum absolute atomic E-state index is 0.118. The summed E-state index contributed by atoms with van der Waals surface area (Å²) in [6, 6.07) is 11.4. The fourth-order valence-electron chi connectivity index (χ4n) is 1.58. The van der Waals surface area contributed by atoms with E-state index in [0.29, 0.717) is 11.2 Å². The third kappa shape index (κ3) is 2.66. The summed E-state index contributed by atoms with van der Waals surface area (Å²) >= 11 is 0. The molecule has 6 heteroatoms. The standard InChI is InChI=1S/C13H10N4O2/c1-16-7-3-2-4-13(16)15-12-6-5-11(17(18)19)8-10(12)9-14/h2-8H,1H3. The van der Waals surface area contributed by atoms with Gasteiger partial charge in [0, 0.05) is 25.4 Å². The lowest BCUT2D eigenvalue weighted by atomic mass is 10.2. The molecule has 1 heterocycles. The van der Waals surface area contributed by atoms with Crippen molar-refractivity contribution in [3.63, 3.8) is 0 Å². The minimum atomic E-state index is -0.535. The van der Waals surface area contributed by atoms with Gasteiger partial charge < -0.3 is 4.57 Å². The molecule has 0 aliphatic heterocycles. The van der Waals surface area contributed by atoms with Crippen LogP contribution in [0.4, 0.5) is 11.4 Å². The SMILES string of the molecule is Cn1ccccc1=Nc1ccc([N+](=O)[O-])cc1C#N. The number of nitrogens with zero attached hydrogens (tertiary/aromatic N) is 4. The van der Waals surface area contributed by atoms with Crippen molar-refractivity contribution in [1.29, 1.82) is 5.26 Å². The van der Waals surface area contributed by atoms with Crippen molar-refractivity contribution >= 4 is 11.4 Å². The Bertz CT molecular complexity index is 741. The summed E-state index contributed by atoms with van der Waals surface area (Å²) in [5.41, 5.74) is 1.13. The molecular formula is C13H10N4O2. The average molecular weight is 254 g/mol. The second-order valence-corrected chi connectivity index (χ2v) is 3.85. The second kappa shape index (κ2) is 5.14. The van der Waals surface area contributed by atoms with E-state index in [1.54, 1.807) is 10.6 Å². The van der Waals surface area contributed by atoms with Crippen molar-refractivity contribution < 1.29 is 4.92 Å². The summed E-state index contributed by atoms with van der Waals surface area (Å²) in [7, 11) is 1.83. The molecule has 19 heavy (non-hydrogen) atoms. The van der Waals surface area contributed by atoms with Crippen LogP contribution in [0.15, 0.2) is 47.6 Å². The van der Waals surface area contributed by atoms with Crippen LogP contribution >= 0.6 is 0 Å². The van der Waals surface area contributed by atoms with Gasteiger partial charge in [-0.1, -0.05) is 6.07 Å². The number of non-ortho nitro benzene ring substituents is 1. The summed E-state index contributed by atoms with van der Waals surface area (Å²) in [5.74, 6) is 0. The maximum Gasteiger partial charge on any atom is 0.270 e. The fraction of sp³-hybridized carbons (Fsp3) is 0.0769. The molecule has 94 valence electrons. The Morgan fingerprint density at radius 3 is 2.79 bits per heavy atom. The molecule has 0 saturated carbocycles. The quantitative estimate of drug-likeness (QED) is 0.607. The molecule has 0 bridgehead atoms. The van der Waals surface area contributed by atoms with Crippen LogP contribution in [0, 0.1) is 21.4 Å². The Morgan fingerprint density at radius 2 is 2.16 bits per heavy atom. The number of aromatic nitrogens is 1. The monoisotopic (exact) mass is 254 g/mol. The predicted molar refractivity (Wildman–Crippen MR) is 68.4 cm³/mol. The van der Waals surface area contributed by atoms with Gasteiger partial charge in [0.15, 0.2) is 0 Å². The van der Waals surface area contributed by atoms with Gasteiger partial charge in [-0.25, -0.2) is 4.99 Å². The van der Waals surface area contributed by atoms with Crippen LogP contribution in [-0.2, 0) is 7.05 Å². The Balaban J connectivity index is 2.59. The molecule has 0 N–H and O–H groups in total. The van der Waals surface area contributed by atoms with E-state index >= 15 is 0 Å². The van der Waals surface area contributed by atoms with Gasteiger partial charge in [-0.15, -0.1) is 0 Å². The molecule has 0 saturated heterocycles. The lowest BCUT2D eigenvalue weighted by Gasteiger charge is -2.00. The van der Waals surface area contributed by atoms with Crippen molar-refractivity contribution in [1.82, 2.24) is 4.57 Å². The Morgan fingerprint density at radius 1 is 1.37 bits per heavy atom. The van der Waals surface area contributed by atoms with Gasteiger partial charge in [-0.3, -0.25) is 10.1 Å². The zero-order chi connectivity index (χ0) is 13.8. The number of rotatable bonds is 2. The number of nitro groups is 1. The molecule has 1 aromatic heterocycles. The molecule has 0 spiro atoms. The van der Waals surface area contributed by atoms with Crippen molar-refractivity contribution in [3.8, 4) is 6.07 Å². The Kier molecular flexibility index (Phi) is 3.39. The maximum absolute atomic E-state index is 10.7. The molecule has 0 aliphatic rings. The summed E-state index contributed by atoms with van der Waals surface area (Å²) in [6.07, 6.45) is 1.83. The smallest absolute Gasteiger partial charge is 0.270 e. The van der Waals surface area contributed by atoms with Crippen LogP contribution in [-0.4, -0.2) is 9.49 Å². The molecule has 0 fully saturated rings. The van der Waals surface area contributed by atoms with E-state index in [4.69, 9.17) is 5.26 Å². The van der Waals surface area contributed by atoms with Gasteiger partial charge in [0.2, 0.25) is 0 Å². The second-order valence-electron chi connectivity index (χ2n) is 3.85. The van der Waals surface area contributed by atoms with E-state index in [9.17, 15) is 10.1 Å². The van der Waals surface area contributed by atoms with Gasteiger partial charge in [0.25, 0.3) is 5.69 Å². The van der Waals surface area contributed by atoms with Gasteiger partial charge in [-0.2, -0.15) is 5.26 Å². The third-order valence-corrected chi connectivity index (χ3v) is 2.57. The third-order valence-electron chi connectivity index (χ3n) is 2.57. The lowest BCUT2D eigenvalue weighted by molar-refractivity contribution is -0.384. The lowest BCUT2D eigenvalue weighted by Crippen LogP contribution is -2.15. The van der Waals surface area contributed by atoms with Crippen LogP contribution in [0.3, 0.4) is 0 Å². The predicted octanol–water partition coefficient (Wildman–Crippen LogP) is 2.04. The van der Waals surface area contributed by atoms with Gasteiger partial charge in [0.1, 0.15) is 11.6 Å². The van der Waals surface area contributed by atoms with Crippen LogP contribution in [0.25, 0.3) is 0 Å². The van der Waals surface area contributed by atoms with Crippen molar-refractivity contribution in [3.05, 3.63) is 63.8 Å². The first-order valence-corrected chi connectivity index (χ1v) is 5.47. The number of pyridine rings is 1. The molecule has 0 unspecified atom stereocenters. The van der Waals surface area contributed by atoms with Crippen molar-refractivity contribution in [2.45, 2.75) is 0 Å². The summed E-state index contributed by atoms with van der Waals surface area (Å²) in [5, 5.41) is 19.7. The first-order chi connectivity index (χ1) is 9.11. The highest BCUT2D eigenvalue weighted by molar-refractivity contribution is 5.57.